The predicted molar refractivity (Wildman–Crippen MR) is 144 cm³/mol. The van der Waals surface area contributed by atoms with Crippen molar-refractivity contribution in [1.29, 1.82) is 0 Å². The zero-order chi connectivity index (χ0) is 27.5. The lowest BCUT2D eigenvalue weighted by Gasteiger charge is -2.34. The van der Waals surface area contributed by atoms with Gasteiger partial charge in [0.05, 0.1) is 36.8 Å². The molecule has 3 heterocycles. The number of hydrogen-bond donors (Lipinski definition) is 2. The minimum absolute atomic E-state index is 0.00166. The Balaban J connectivity index is 1.33. The van der Waals surface area contributed by atoms with Gasteiger partial charge in [0.25, 0.3) is 5.91 Å². The monoisotopic (exact) mass is 552 g/mol. The molecule has 1 aliphatic heterocycles. The molecule has 1 saturated heterocycles. The van der Waals surface area contributed by atoms with Crippen LogP contribution in [0, 0.1) is 11.6 Å². The number of rotatable bonds is 7. The summed E-state index contributed by atoms with van der Waals surface area (Å²) in [5, 5.41) is 9.17. The van der Waals surface area contributed by atoms with Crippen molar-refractivity contribution in [3.63, 3.8) is 0 Å². The van der Waals surface area contributed by atoms with Crippen LogP contribution in [0.5, 0.6) is 0 Å². The summed E-state index contributed by atoms with van der Waals surface area (Å²) in [6, 6.07) is 8.69. The summed E-state index contributed by atoms with van der Waals surface area (Å²) in [7, 11) is 1.23. The fourth-order valence-corrected chi connectivity index (χ4v) is 5.37. The first-order valence-corrected chi connectivity index (χ1v) is 13.2. The lowest BCUT2D eigenvalue weighted by Crippen LogP contribution is -2.43. The van der Waals surface area contributed by atoms with E-state index in [0.717, 1.165) is 12.8 Å². The Kier molecular flexibility index (Phi) is 7.66. The van der Waals surface area contributed by atoms with Crippen molar-refractivity contribution in [3.05, 3.63) is 82.6 Å². The highest BCUT2D eigenvalue weighted by atomic mass is 32.1. The van der Waals surface area contributed by atoms with E-state index in [4.69, 9.17) is 10.5 Å². The van der Waals surface area contributed by atoms with E-state index in [9.17, 15) is 18.4 Å². The van der Waals surface area contributed by atoms with Gasteiger partial charge in [-0.15, -0.1) is 11.3 Å². The smallest absolute Gasteiger partial charge is 0.338 e. The van der Waals surface area contributed by atoms with Crippen LogP contribution in [0.15, 0.2) is 54.2 Å². The minimum Gasteiger partial charge on any atom is -0.465 e. The maximum absolute atomic E-state index is 14.8. The number of aromatic nitrogens is 3. The number of piperidine rings is 1. The van der Waals surface area contributed by atoms with E-state index < -0.39 is 23.5 Å². The van der Waals surface area contributed by atoms with Crippen molar-refractivity contribution in [1.82, 2.24) is 14.8 Å². The van der Waals surface area contributed by atoms with Crippen molar-refractivity contribution in [2.75, 3.05) is 30.4 Å². The van der Waals surface area contributed by atoms with Crippen molar-refractivity contribution in [3.8, 4) is 10.6 Å². The summed E-state index contributed by atoms with van der Waals surface area (Å²) in [4.78, 5) is 31.4. The molecule has 1 atom stereocenters. The third-order valence-corrected chi connectivity index (χ3v) is 7.36. The molecule has 2 aromatic carbocycles. The molecular formula is C27H26F2N6O3S. The Morgan fingerprint density at radius 1 is 1.21 bits per heavy atom. The molecule has 202 valence electrons. The molecule has 9 nitrogen and oxygen atoms in total. The Bertz CT molecular complexity index is 1520. The minimum atomic E-state index is -0.642. The molecular weight excluding hydrogens is 526 g/mol. The lowest BCUT2D eigenvalue weighted by molar-refractivity contribution is 0.0598. The van der Waals surface area contributed by atoms with Gasteiger partial charge in [-0.2, -0.15) is 5.10 Å². The molecule has 0 radical (unpaired) electrons. The lowest BCUT2D eigenvalue weighted by atomic mass is 10.1. The van der Waals surface area contributed by atoms with Gasteiger partial charge in [-0.3, -0.25) is 9.48 Å². The van der Waals surface area contributed by atoms with Gasteiger partial charge in [-0.05, 0) is 37.1 Å². The Morgan fingerprint density at radius 2 is 2.00 bits per heavy atom. The highest BCUT2D eigenvalue weighted by molar-refractivity contribution is 7.13. The van der Waals surface area contributed by atoms with Gasteiger partial charge in [-0.25, -0.2) is 18.6 Å². The fraction of sp³-hybridized carbons (Fsp3) is 0.259. The number of ether oxygens (including phenoxy) is 1. The van der Waals surface area contributed by atoms with E-state index in [1.165, 1.54) is 47.4 Å². The SMILES string of the molecule is COC(=O)c1cccc(F)c1Cn1cc(-c2nc(C(=O)Nc3cccc(F)c3N3CCC[C@@H](N)C3)cs2)cn1. The molecule has 1 fully saturated rings. The number of para-hydroxylation sites is 1. The summed E-state index contributed by atoms with van der Waals surface area (Å²) in [5.41, 5.74) is 7.80. The second kappa shape index (κ2) is 11.3. The third kappa shape index (κ3) is 5.66. The Hall–Kier alpha value is -4.16. The van der Waals surface area contributed by atoms with Gasteiger partial charge in [0, 0.05) is 41.8 Å². The van der Waals surface area contributed by atoms with Crippen LogP contribution >= 0.6 is 11.3 Å². The first-order valence-electron chi connectivity index (χ1n) is 12.3. The Labute approximate surface area is 227 Å². The zero-order valence-corrected chi connectivity index (χ0v) is 21.9. The molecule has 12 heteroatoms. The number of anilines is 2. The summed E-state index contributed by atoms with van der Waals surface area (Å²) in [6.07, 6.45) is 4.91. The number of halogens is 2. The number of methoxy groups -OCH3 is 1. The van der Waals surface area contributed by atoms with Gasteiger partial charge in [0.1, 0.15) is 22.3 Å². The molecule has 5 rings (SSSR count). The van der Waals surface area contributed by atoms with E-state index in [1.54, 1.807) is 29.9 Å². The van der Waals surface area contributed by atoms with E-state index in [2.05, 4.69) is 15.4 Å². The quantitative estimate of drug-likeness (QED) is 0.329. The highest BCUT2D eigenvalue weighted by Crippen LogP contribution is 2.32. The van der Waals surface area contributed by atoms with Crippen molar-refractivity contribution in [2.45, 2.75) is 25.4 Å². The number of amides is 1. The van der Waals surface area contributed by atoms with E-state index in [1.807, 2.05) is 4.90 Å². The first kappa shape index (κ1) is 26.4. The average molecular weight is 553 g/mol. The summed E-state index contributed by atoms with van der Waals surface area (Å²) >= 11 is 1.24. The molecule has 0 spiro atoms. The van der Waals surface area contributed by atoms with Gasteiger partial charge >= 0.3 is 5.97 Å². The van der Waals surface area contributed by atoms with Crippen LogP contribution in [0.3, 0.4) is 0 Å². The summed E-state index contributed by atoms with van der Waals surface area (Å²) < 4.78 is 35.5. The number of hydrogen-bond acceptors (Lipinski definition) is 8. The van der Waals surface area contributed by atoms with Crippen LogP contribution in [-0.2, 0) is 11.3 Å². The molecule has 0 unspecified atom stereocenters. The van der Waals surface area contributed by atoms with Gasteiger partial charge in [0.15, 0.2) is 0 Å². The number of nitrogens with two attached hydrogens (primary N) is 1. The van der Waals surface area contributed by atoms with Crippen molar-refractivity contribution < 1.29 is 23.1 Å². The normalized spacial score (nSPS) is 15.3. The van der Waals surface area contributed by atoms with Gasteiger partial charge in [0.2, 0.25) is 0 Å². The number of thiazole rings is 1. The number of esters is 1. The second-order valence-corrected chi connectivity index (χ2v) is 10.0. The van der Waals surface area contributed by atoms with Crippen LogP contribution in [0.25, 0.3) is 10.6 Å². The van der Waals surface area contributed by atoms with Crippen LogP contribution in [0.4, 0.5) is 20.2 Å². The maximum Gasteiger partial charge on any atom is 0.338 e. The number of carbonyl (C=O) groups is 2. The van der Waals surface area contributed by atoms with Gasteiger partial charge in [-0.1, -0.05) is 12.1 Å². The molecule has 0 saturated carbocycles. The van der Waals surface area contributed by atoms with Gasteiger partial charge < -0.3 is 20.7 Å². The van der Waals surface area contributed by atoms with E-state index in [-0.39, 0.29) is 29.4 Å². The predicted octanol–water partition coefficient (Wildman–Crippen LogP) is 4.30. The molecule has 1 aliphatic rings. The number of nitrogens with one attached hydrogen (secondary N) is 1. The van der Waals surface area contributed by atoms with Crippen LogP contribution < -0.4 is 16.0 Å². The van der Waals surface area contributed by atoms with E-state index >= 15 is 0 Å². The second-order valence-electron chi connectivity index (χ2n) is 9.16. The molecule has 1 amide bonds. The van der Waals surface area contributed by atoms with Crippen LogP contribution in [0.2, 0.25) is 0 Å². The standard InChI is InChI=1S/C27H26F2N6O3S/c1-38-27(37)18-6-2-7-20(28)19(18)14-35-12-16(11-31-35)26-33-23(15-39-26)25(36)32-22-9-3-8-21(29)24(22)34-10-4-5-17(30)13-34/h2-3,6-9,11-12,15,17H,4-5,10,13-14,30H2,1H3,(H,32,36)/t17-/m1/s1. The highest BCUT2D eigenvalue weighted by Gasteiger charge is 2.24. The first-order chi connectivity index (χ1) is 18.8. The fourth-order valence-electron chi connectivity index (χ4n) is 4.59. The largest absolute Gasteiger partial charge is 0.465 e. The topological polar surface area (TPSA) is 115 Å². The van der Waals surface area contributed by atoms with E-state index in [0.29, 0.717) is 35.0 Å². The molecule has 0 bridgehead atoms. The van der Waals surface area contributed by atoms with Crippen LogP contribution in [0.1, 0.15) is 39.3 Å². The Morgan fingerprint density at radius 3 is 2.79 bits per heavy atom. The van der Waals surface area contributed by atoms with Crippen LogP contribution in [-0.4, -0.2) is 52.9 Å². The maximum atomic E-state index is 14.8. The molecule has 0 aliphatic carbocycles. The number of benzene rings is 2. The zero-order valence-electron chi connectivity index (χ0n) is 21.1. The van der Waals surface area contributed by atoms with Crippen molar-refractivity contribution >= 4 is 34.6 Å². The average Bonchev–Trinajstić information content (AvgIpc) is 3.60. The molecule has 39 heavy (non-hydrogen) atoms. The van der Waals surface area contributed by atoms with Crippen molar-refractivity contribution in [2.24, 2.45) is 5.73 Å². The summed E-state index contributed by atoms with van der Waals surface area (Å²) in [5.74, 6) is -2.10. The number of nitrogens with zero attached hydrogens (tertiary/aromatic N) is 4. The summed E-state index contributed by atoms with van der Waals surface area (Å²) in [6.45, 7) is 1.15. The third-order valence-electron chi connectivity index (χ3n) is 6.47. The molecule has 3 N–H and O–H groups in total. The molecule has 4 aromatic rings. The number of carbonyl (C=O) groups excluding carboxylic acids is 2. The molecule has 2 aromatic heterocycles.